The van der Waals surface area contributed by atoms with E-state index in [-0.39, 0.29) is 12.6 Å². The summed E-state index contributed by atoms with van der Waals surface area (Å²) in [6.07, 6.45) is 9.59. The second kappa shape index (κ2) is 7.62. The monoisotopic (exact) mass is 316 g/mol. The lowest BCUT2D eigenvalue weighted by atomic mass is 9.97. The number of rotatable bonds is 6. The van der Waals surface area contributed by atoms with Crippen LogP contribution in [0.2, 0.25) is 0 Å². The molecule has 0 aromatic carbocycles. The number of carbonyl (C=O) groups is 1. The molecule has 122 valence electrons. The fraction of sp³-hybridized carbons (Fsp3) is 0.438. The smallest absolute Gasteiger partial charge is 0.315 e. The molecule has 0 saturated heterocycles. The summed E-state index contributed by atoms with van der Waals surface area (Å²) in [5, 5.41) is 13.3. The molecular weight excluding hydrogens is 296 g/mol. The number of urea groups is 1. The number of aromatic nitrogens is 2. The van der Waals surface area contributed by atoms with Gasteiger partial charge in [-0.1, -0.05) is 11.6 Å². The highest BCUT2D eigenvalue weighted by Crippen LogP contribution is 2.19. The summed E-state index contributed by atoms with van der Waals surface area (Å²) in [4.78, 5) is 11.7. The average molecular weight is 316 g/mol. The van der Waals surface area contributed by atoms with Crippen molar-refractivity contribution in [2.75, 3.05) is 6.54 Å². The number of hydrogen-bond donors (Lipinski definition) is 2. The van der Waals surface area contributed by atoms with Gasteiger partial charge in [-0.25, -0.2) is 4.79 Å². The molecule has 2 aromatic rings. The van der Waals surface area contributed by atoms with E-state index in [0.29, 0.717) is 24.1 Å². The van der Waals surface area contributed by atoms with Gasteiger partial charge in [-0.3, -0.25) is 0 Å². The first-order valence-corrected chi connectivity index (χ1v) is 7.87. The zero-order valence-electron chi connectivity index (χ0n) is 12.9. The van der Waals surface area contributed by atoms with E-state index in [2.05, 4.69) is 26.9 Å². The van der Waals surface area contributed by atoms with E-state index < -0.39 is 0 Å². The lowest BCUT2D eigenvalue weighted by Gasteiger charge is -2.13. The topological polar surface area (TPSA) is 93.2 Å². The van der Waals surface area contributed by atoms with Crippen LogP contribution < -0.4 is 10.6 Å². The van der Waals surface area contributed by atoms with Crippen LogP contribution in [0.5, 0.6) is 0 Å². The highest BCUT2D eigenvalue weighted by molar-refractivity contribution is 5.73. The molecule has 2 N–H and O–H groups in total. The van der Waals surface area contributed by atoms with Crippen LogP contribution in [0.3, 0.4) is 0 Å². The lowest BCUT2D eigenvalue weighted by molar-refractivity contribution is 0.239. The van der Waals surface area contributed by atoms with E-state index in [1.54, 1.807) is 12.1 Å². The van der Waals surface area contributed by atoms with Crippen molar-refractivity contribution in [1.82, 2.24) is 20.8 Å². The Kier molecular flexibility index (Phi) is 5.08. The summed E-state index contributed by atoms with van der Waals surface area (Å²) in [5.41, 5.74) is 1.44. The van der Waals surface area contributed by atoms with Crippen molar-refractivity contribution in [3.8, 4) is 11.7 Å². The summed E-state index contributed by atoms with van der Waals surface area (Å²) in [6, 6.07) is 3.24. The van der Waals surface area contributed by atoms with Gasteiger partial charge in [0, 0.05) is 6.54 Å². The predicted molar refractivity (Wildman–Crippen MR) is 83.4 cm³/mol. The van der Waals surface area contributed by atoms with Gasteiger partial charge in [-0.15, -0.1) is 10.2 Å². The van der Waals surface area contributed by atoms with E-state index in [4.69, 9.17) is 8.83 Å². The molecule has 0 bridgehead atoms. The quantitative estimate of drug-likeness (QED) is 0.799. The Labute approximate surface area is 134 Å². The third kappa shape index (κ3) is 4.45. The maximum atomic E-state index is 11.7. The van der Waals surface area contributed by atoms with Crippen LogP contribution in [-0.2, 0) is 6.54 Å². The molecule has 1 aliphatic carbocycles. The van der Waals surface area contributed by atoms with Gasteiger partial charge in [-0.2, -0.15) is 0 Å². The van der Waals surface area contributed by atoms with Crippen LogP contribution in [0.1, 0.15) is 38.0 Å². The number of carbonyl (C=O) groups excluding carboxylic acids is 1. The lowest BCUT2D eigenvalue weighted by Crippen LogP contribution is -2.35. The SMILES string of the molecule is O=C(NCCC1=CCCCC1)NCc1nnc(-c2ccco2)o1. The highest BCUT2D eigenvalue weighted by Gasteiger charge is 2.11. The summed E-state index contributed by atoms with van der Waals surface area (Å²) < 4.78 is 10.6. The zero-order valence-corrected chi connectivity index (χ0v) is 12.9. The summed E-state index contributed by atoms with van der Waals surface area (Å²) in [6.45, 7) is 0.821. The van der Waals surface area contributed by atoms with Crippen molar-refractivity contribution in [3.63, 3.8) is 0 Å². The highest BCUT2D eigenvalue weighted by atomic mass is 16.4. The van der Waals surface area contributed by atoms with Crippen LogP contribution in [-0.4, -0.2) is 22.8 Å². The van der Waals surface area contributed by atoms with Gasteiger partial charge in [-0.05, 0) is 44.2 Å². The second-order valence-corrected chi connectivity index (χ2v) is 5.45. The van der Waals surface area contributed by atoms with Gasteiger partial charge in [0.15, 0.2) is 5.76 Å². The van der Waals surface area contributed by atoms with Crippen LogP contribution in [0, 0.1) is 0 Å². The van der Waals surface area contributed by atoms with Crippen molar-refractivity contribution in [2.45, 2.75) is 38.6 Å². The van der Waals surface area contributed by atoms with Crippen LogP contribution in [0.15, 0.2) is 38.9 Å². The van der Waals surface area contributed by atoms with E-state index >= 15 is 0 Å². The first kappa shape index (κ1) is 15.3. The van der Waals surface area contributed by atoms with Crippen LogP contribution in [0.25, 0.3) is 11.7 Å². The Morgan fingerprint density at radius 1 is 1.26 bits per heavy atom. The molecule has 2 amide bonds. The van der Waals surface area contributed by atoms with Gasteiger partial charge in [0.05, 0.1) is 12.8 Å². The van der Waals surface area contributed by atoms with Crippen molar-refractivity contribution in [3.05, 3.63) is 35.9 Å². The molecule has 0 saturated carbocycles. The molecule has 0 spiro atoms. The van der Waals surface area contributed by atoms with E-state index in [1.807, 2.05) is 0 Å². The fourth-order valence-electron chi connectivity index (χ4n) is 2.51. The minimum atomic E-state index is -0.237. The van der Waals surface area contributed by atoms with Crippen LogP contribution in [0.4, 0.5) is 4.79 Å². The standard InChI is InChI=1S/C16H20N4O3/c21-16(17-9-8-12-5-2-1-3-6-12)18-11-14-19-20-15(23-14)13-7-4-10-22-13/h4-5,7,10H,1-3,6,8-9,11H2,(H2,17,18,21). The molecule has 3 rings (SSSR count). The molecule has 2 heterocycles. The van der Waals surface area contributed by atoms with Crippen molar-refractivity contribution in [2.24, 2.45) is 0 Å². The molecule has 7 nitrogen and oxygen atoms in total. The van der Waals surface area contributed by atoms with Gasteiger partial charge in [0.1, 0.15) is 0 Å². The molecule has 0 fully saturated rings. The number of hydrogen-bond acceptors (Lipinski definition) is 5. The Morgan fingerprint density at radius 3 is 3.00 bits per heavy atom. The Morgan fingerprint density at radius 2 is 2.22 bits per heavy atom. The zero-order chi connectivity index (χ0) is 15.9. The molecule has 2 aromatic heterocycles. The second-order valence-electron chi connectivity index (χ2n) is 5.45. The van der Waals surface area contributed by atoms with Gasteiger partial charge >= 0.3 is 6.03 Å². The van der Waals surface area contributed by atoms with E-state index in [1.165, 1.54) is 24.7 Å². The Balaban J connectivity index is 1.38. The third-order valence-corrected chi connectivity index (χ3v) is 3.72. The van der Waals surface area contributed by atoms with Gasteiger partial charge < -0.3 is 19.5 Å². The average Bonchev–Trinajstić information content (AvgIpc) is 3.25. The predicted octanol–water partition coefficient (Wildman–Crippen LogP) is 3.02. The van der Waals surface area contributed by atoms with Crippen LogP contribution >= 0.6 is 0 Å². The first-order chi connectivity index (χ1) is 11.3. The molecule has 0 radical (unpaired) electrons. The third-order valence-electron chi connectivity index (χ3n) is 3.72. The van der Waals surface area contributed by atoms with Crippen molar-refractivity contribution >= 4 is 6.03 Å². The van der Waals surface area contributed by atoms with Crippen molar-refractivity contribution < 1.29 is 13.6 Å². The minimum absolute atomic E-state index is 0.183. The maximum absolute atomic E-state index is 11.7. The number of nitrogens with zero attached hydrogens (tertiary/aromatic N) is 2. The molecule has 23 heavy (non-hydrogen) atoms. The molecule has 7 heteroatoms. The number of allylic oxidation sites excluding steroid dienone is 1. The molecule has 0 atom stereocenters. The van der Waals surface area contributed by atoms with Gasteiger partial charge in [0.25, 0.3) is 5.89 Å². The van der Waals surface area contributed by atoms with E-state index in [9.17, 15) is 4.79 Å². The molecule has 0 aliphatic heterocycles. The largest absolute Gasteiger partial charge is 0.459 e. The number of furan rings is 1. The summed E-state index contributed by atoms with van der Waals surface area (Å²) in [7, 11) is 0. The molecule has 0 unspecified atom stereocenters. The van der Waals surface area contributed by atoms with Crippen molar-refractivity contribution in [1.29, 1.82) is 0 Å². The summed E-state index contributed by atoms with van der Waals surface area (Å²) in [5.74, 6) is 1.15. The maximum Gasteiger partial charge on any atom is 0.315 e. The minimum Gasteiger partial charge on any atom is -0.459 e. The molecular formula is C16H20N4O3. The number of amides is 2. The Bertz CT molecular complexity index is 661. The normalized spacial score (nSPS) is 14.3. The molecule has 1 aliphatic rings. The Hall–Kier alpha value is -2.57. The number of nitrogens with one attached hydrogen (secondary N) is 2. The fourth-order valence-corrected chi connectivity index (χ4v) is 2.51. The summed E-state index contributed by atoms with van der Waals surface area (Å²) >= 11 is 0. The van der Waals surface area contributed by atoms with E-state index in [0.717, 1.165) is 19.3 Å². The first-order valence-electron chi connectivity index (χ1n) is 7.87. The van der Waals surface area contributed by atoms with Gasteiger partial charge in [0.2, 0.25) is 5.89 Å².